The Hall–Kier alpha value is -2.18. The Morgan fingerprint density at radius 1 is 0.938 bits per heavy atom. The maximum absolute atomic E-state index is 13.5. The fraction of sp³-hybridized carbons (Fsp3) is 0.500. The van der Waals surface area contributed by atoms with E-state index >= 15 is 0 Å². The van der Waals surface area contributed by atoms with Crippen molar-refractivity contribution in [2.45, 2.75) is 72.2 Å². The second-order valence-corrected chi connectivity index (χ2v) is 11.3. The van der Waals surface area contributed by atoms with Gasteiger partial charge in [-0.2, -0.15) is 4.31 Å². The highest BCUT2D eigenvalue weighted by molar-refractivity contribution is 7.89. The summed E-state index contributed by atoms with van der Waals surface area (Å²) in [5, 5.41) is 3.13. The molecule has 1 fully saturated rings. The zero-order valence-corrected chi connectivity index (χ0v) is 21.2. The van der Waals surface area contributed by atoms with E-state index in [0.29, 0.717) is 24.3 Å². The first-order valence-electron chi connectivity index (χ1n) is 11.4. The number of piperidine rings is 1. The number of nitrogens with zero attached hydrogens (tertiary/aromatic N) is 1. The van der Waals surface area contributed by atoms with Gasteiger partial charge in [0.2, 0.25) is 15.9 Å². The van der Waals surface area contributed by atoms with Crippen molar-refractivity contribution in [1.82, 2.24) is 9.62 Å². The maximum Gasteiger partial charge on any atom is 0.243 e. The summed E-state index contributed by atoms with van der Waals surface area (Å²) < 4.78 is 28.4. The fourth-order valence-electron chi connectivity index (χ4n) is 4.94. The highest BCUT2D eigenvalue weighted by Crippen LogP contribution is 2.29. The summed E-state index contributed by atoms with van der Waals surface area (Å²) in [5.41, 5.74) is 7.25. The molecule has 1 aliphatic rings. The van der Waals surface area contributed by atoms with Gasteiger partial charge in [-0.15, -0.1) is 0 Å². The minimum Gasteiger partial charge on any atom is -0.349 e. The summed E-state index contributed by atoms with van der Waals surface area (Å²) in [6.45, 7) is 14.5. The van der Waals surface area contributed by atoms with Gasteiger partial charge < -0.3 is 5.32 Å². The number of rotatable bonds is 5. The fourth-order valence-corrected chi connectivity index (χ4v) is 6.87. The van der Waals surface area contributed by atoms with Crippen molar-refractivity contribution < 1.29 is 13.2 Å². The molecule has 0 unspecified atom stereocenters. The number of benzene rings is 2. The lowest BCUT2D eigenvalue weighted by molar-refractivity contribution is -0.126. The largest absolute Gasteiger partial charge is 0.349 e. The normalized spacial score (nSPS) is 18.4. The molecule has 32 heavy (non-hydrogen) atoms. The molecular formula is C26H36N2O3S. The lowest BCUT2D eigenvalue weighted by atomic mass is 9.95. The molecule has 2 atom stereocenters. The number of hydrogen-bond acceptors (Lipinski definition) is 3. The van der Waals surface area contributed by atoms with Crippen LogP contribution in [0.2, 0.25) is 0 Å². The number of nitrogens with one attached hydrogen (secondary N) is 1. The first-order valence-corrected chi connectivity index (χ1v) is 12.8. The Morgan fingerprint density at radius 2 is 1.53 bits per heavy atom. The summed E-state index contributed by atoms with van der Waals surface area (Å²) in [5.74, 6) is -0.425. The van der Waals surface area contributed by atoms with Crippen LogP contribution >= 0.6 is 0 Å². The van der Waals surface area contributed by atoms with Gasteiger partial charge in [-0.25, -0.2) is 8.42 Å². The van der Waals surface area contributed by atoms with Gasteiger partial charge in [0.05, 0.1) is 16.9 Å². The first kappa shape index (κ1) is 24.5. The molecule has 0 bridgehead atoms. The molecule has 2 aromatic carbocycles. The van der Waals surface area contributed by atoms with Crippen molar-refractivity contribution in [3.05, 3.63) is 63.2 Å². The van der Waals surface area contributed by atoms with E-state index in [1.54, 1.807) is 0 Å². The molecular weight excluding hydrogens is 420 g/mol. The van der Waals surface area contributed by atoms with Gasteiger partial charge in [0.15, 0.2) is 0 Å². The molecule has 6 heteroatoms. The van der Waals surface area contributed by atoms with Gasteiger partial charge in [-0.05, 0) is 94.7 Å². The van der Waals surface area contributed by atoms with E-state index in [1.807, 2.05) is 39.8 Å². The number of carbonyl (C=O) groups excluding carboxylic acids is 1. The van der Waals surface area contributed by atoms with Crippen molar-refractivity contribution in [2.24, 2.45) is 5.92 Å². The number of hydrogen-bond donors (Lipinski definition) is 1. The molecule has 2 aromatic rings. The lowest BCUT2D eigenvalue weighted by Crippen LogP contribution is -2.46. The van der Waals surface area contributed by atoms with Crippen molar-refractivity contribution in [1.29, 1.82) is 0 Å². The second kappa shape index (κ2) is 9.36. The van der Waals surface area contributed by atoms with Crippen molar-refractivity contribution >= 4 is 15.9 Å². The third-order valence-electron chi connectivity index (χ3n) is 6.67. The number of sulfonamides is 1. The third kappa shape index (κ3) is 4.91. The van der Waals surface area contributed by atoms with Crippen LogP contribution in [0.5, 0.6) is 0 Å². The Balaban J connectivity index is 1.77. The van der Waals surface area contributed by atoms with E-state index in [-0.39, 0.29) is 24.4 Å². The average Bonchev–Trinajstić information content (AvgIpc) is 2.69. The molecule has 1 heterocycles. The number of amides is 1. The molecule has 0 radical (unpaired) electrons. The molecule has 1 aliphatic heterocycles. The smallest absolute Gasteiger partial charge is 0.243 e. The van der Waals surface area contributed by atoms with Crippen LogP contribution in [0, 0.1) is 47.5 Å². The Kier molecular flexibility index (Phi) is 7.15. The zero-order valence-electron chi connectivity index (χ0n) is 20.4. The first-order chi connectivity index (χ1) is 14.9. The van der Waals surface area contributed by atoms with Gasteiger partial charge in [-0.3, -0.25) is 4.79 Å². The minimum atomic E-state index is -3.65. The number of aryl methyl sites for hydroxylation is 6. The van der Waals surface area contributed by atoms with E-state index in [2.05, 4.69) is 38.2 Å². The van der Waals surface area contributed by atoms with Crippen molar-refractivity contribution in [3.8, 4) is 0 Å². The molecule has 0 aromatic heterocycles. The molecule has 3 rings (SSSR count). The van der Waals surface area contributed by atoms with Crippen molar-refractivity contribution in [2.75, 3.05) is 13.1 Å². The Bertz CT molecular complexity index is 1110. The van der Waals surface area contributed by atoms with E-state index < -0.39 is 10.0 Å². The van der Waals surface area contributed by atoms with Gasteiger partial charge in [-0.1, -0.05) is 29.8 Å². The topological polar surface area (TPSA) is 66.5 Å². The molecule has 0 saturated carbocycles. The maximum atomic E-state index is 13.5. The van der Waals surface area contributed by atoms with Crippen LogP contribution in [0.4, 0.5) is 0 Å². The standard InChI is InChI=1S/C26H36N2O3S/c1-16-11-20(5)25(21(6)12-16)32(30,31)28-10-8-9-23(15-28)26(29)27-22(7)24-14-18(3)17(2)13-19(24)4/h11-14,22-23H,8-10,15H2,1-7H3,(H,27,29)/t22-,23+/m0/s1. The van der Waals surface area contributed by atoms with Crippen LogP contribution in [0.3, 0.4) is 0 Å². The average molecular weight is 457 g/mol. The summed E-state index contributed by atoms with van der Waals surface area (Å²) in [4.78, 5) is 13.5. The zero-order chi connectivity index (χ0) is 23.8. The minimum absolute atomic E-state index is 0.0765. The van der Waals surface area contributed by atoms with E-state index in [4.69, 9.17) is 0 Å². The summed E-state index contributed by atoms with van der Waals surface area (Å²) >= 11 is 0. The van der Waals surface area contributed by atoms with Crippen LogP contribution in [0.25, 0.3) is 0 Å². The highest BCUT2D eigenvalue weighted by Gasteiger charge is 2.35. The van der Waals surface area contributed by atoms with Crippen LogP contribution < -0.4 is 5.32 Å². The highest BCUT2D eigenvalue weighted by atomic mass is 32.2. The number of carbonyl (C=O) groups is 1. The third-order valence-corrected chi connectivity index (χ3v) is 8.84. The Labute approximate surface area is 193 Å². The summed E-state index contributed by atoms with van der Waals surface area (Å²) in [6, 6.07) is 7.96. The van der Waals surface area contributed by atoms with Crippen molar-refractivity contribution in [3.63, 3.8) is 0 Å². The quantitative estimate of drug-likeness (QED) is 0.702. The molecule has 1 saturated heterocycles. The van der Waals surface area contributed by atoms with Crippen LogP contribution in [-0.2, 0) is 14.8 Å². The predicted molar refractivity (Wildman–Crippen MR) is 129 cm³/mol. The van der Waals surface area contributed by atoms with E-state index in [1.165, 1.54) is 15.4 Å². The molecule has 174 valence electrons. The van der Waals surface area contributed by atoms with Gasteiger partial charge in [0.1, 0.15) is 0 Å². The predicted octanol–water partition coefficient (Wildman–Crippen LogP) is 4.82. The molecule has 1 N–H and O–H groups in total. The van der Waals surface area contributed by atoms with Crippen LogP contribution in [0.15, 0.2) is 29.2 Å². The van der Waals surface area contributed by atoms with Gasteiger partial charge in [0, 0.05) is 13.1 Å². The van der Waals surface area contributed by atoms with E-state index in [9.17, 15) is 13.2 Å². The monoisotopic (exact) mass is 456 g/mol. The Morgan fingerprint density at radius 3 is 2.16 bits per heavy atom. The van der Waals surface area contributed by atoms with Crippen LogP contribution in [-0.4, -0.2) is 31.7 Å². The SMILES string of the molecule is Cc1cc(C)c(S(=O)(=O)N2CCC[C@@H](C(=O)N[C@@H](C)c3cc(C)c(C)cc3C)C2)c(C)c1. The van der Waals surface area contributed by atoms with Gasteiger partial charge in [0.25, 0.3) is 0 Å². The summed E-state index contributed by atoms with van der Waals surface area (Å²) in [6.07, 6.45) is 1.38. The van der Waals surface area contributed by atoms with Crippen LogP contribution in [0.1, 0.15) is 64.8 Å². The molecule has 0 spiro atoms. The summed E-state index contributed by atoms with van der Waals surface area (Å²) in [7, 11) is -3.65. The van der Waals surface area contributed by atoms with Gasteiger partial charge >= 0.3 is 0 Å². The lowest BCUT2D eigenvalue weighted by Gasteiger charge is -2.33. The molecule has 0 aliphatic carbocycles. The molecule has 5 nitrogen and oxygen atoms in total. The second-order valence-electron chi connectivity index (χ2n) is 9.45. The van der Waals surface area contributed by atoms with E-state index in [0.717, 1.165) is 27.8 Å². The molecule has 1 amide bonds.